The van der Waals surface area contributed by atoms with E-state index in [0.29, 0.717) is 5.92 Å². The first kappa shape index (κ1) is 10.4. The highest BCUT2D eigenvalue weighted by atomic mass is 16.5. The van der Waals surface area contributed by atoms with Gasteiger partial charge in [0, 0.05) is 18.6 Å². The Morgan fingerprint density at radius 1 is 1.29 bits per heavy atom. The average molecular weight is 199 g/mol. The minimum Gasteiger partial charge on any atom is -0.391 e. The molecule has 1 aliphatic heterocycles. The van der Waals surface area contributed by atoms with Crippen molar-refractivity contribution < 1.29 is 9.84 Å². The summed E-state index contributed by atoms with van der Waals surface area (Å²) in [5, 5.41) is 10.2. The number of aliphatic hydroxyl groups is 1. The molecule has 3 nitrogen and oxygen atoms in total. The van der Waals surface area contributed by atoms with Crippen LogP contribution in [0.5, 0.6) is 0 Å². The maximum absolute atomic E-state index is 10.2. The van der Waals surface area contributed by atoms with E-state index in [1.165, 1.54) is 12.8 Å². The summed E-state index contributed by atoms with van der Waals surface area (Å²) in [5.74, 6) is 0.549. The summed E-state index contributed by atoms with van der Waals surface area (Å²) in [6, 6.07) is 0. The van der Waals surface area contributed by atoms with Gasteiger partial charge in [-0.2, -0.15) is 0 Å². The van der Waals surface area contributed by atoms with Crippen molar-refractivity contribution in [1.82, 2.24) is 4.90 Å². The standard InChI is InChI=1S/C11H21NO2/c1-11(2,10(13)9-3-4-9)12-5-7-14-8-6-12/h9-10,13H,3-8H2,1-2H3. The van der Waals surface area contributed by atoms with E-state index in [2.05, 4.69) is 18.7 Å². The molecule has 1 aliphatic carbocycles. The number of hydrogen-bond acceptors (Lipinski definition) is 3. The van der Waals surface area contributed by atoms with Crippen LogP contribution < -0.4 is 0 Å². The topological polar surface area (TPSA) is 32.7 Å². The molecule has 1 N–H and O–H groups in total. The number of rotatable bonds is 3. The third kappa shape index (κ3) is 1.95. The van der Waals surface area contributed by atoms with E-state index >= 15 is 0 Å². The van der Waals surface area contributed by atoms with Crippen LogP contribution in [0, 0.1) is 5.92 Å². The zero-order chi connectivity index (χ0) is 10.2. The van der Waals surface area contributed by atoms with Gasteiger partial charge in [0.1, 0.15) is 0 Å². The maximum atomic E-state index is 10.2. The molecule has 0 aromatic carbocycles. The van der Waals surface area contributed by atoms with Gasteiger partial charge in [-0.1, -0.05) is 0 Å². The zero-order valence-electron chi connectivity index (χ0n) is 9.20. The summed E-state index contributed by atoms with van der Waals surface area (Å²) < 4.78 is 5.33. The second-order valence-corrected chi connectivity index (χ2v) is 5.04. The molecule has 0 radical (unpaired) electrons. The molecule has 1 saturated heterocycles. The van der Waals surface area contributed by atoms with Gasteiger partial charge in [-0.15, -0.1) is 0 Å². The second-order valence-electron chi connectivity index (χ2n) is 5.04. The lowest BCUT2D eigenvalue weighted by Gasteiger charge is -2.44. The van der Waals surface area contributed by atoms with Crippen molar-refractivity contribution >= 4 is 0 Å². The molecule has 82 valence electrons. The van der Waals surface area contributed by atoms with E-state index in [9.17, 15) is 5.11 Å². The summed E-state index contributed by atoms with van der Waals surface area (Å²) >= 11 is 0. The molecular formula is C11H21NO2. The van der Waals surface area contributed by atoms with Gasteiger partial charge in [0.05, 0.1) is 19.3 Å². The normalized spacial score (nSPS) is 27.6. The van der Waals surface area contributed by atoms with Gasteiger partial charge in [0.15, 0.2) is 0 Å². The Balaban J connectivity index is 1.97. The molecule has 0 amide bonds. The Hall–Kier alpha value is -0.120. The van der Waals surface area contributed by atoms with E-state index in [0.717, 1.165) is 26.3 Å². The molecule has 0 aromatic heterocycles. The Kier molecular flexibility index (Phi) is 2.82. The lowest BCUT2D eigenvalue weighted by molar-refractivity contribution is -0.0682. The summed E-state index contributed by atoms with van der Waals surface area (Å²) in [5.41, 5.74) is -0.0784. The van der Waals surface area contributed by atoms with Crippen molar-refractivity contribution in [1.29, 1.82) is 0 Å². The van der Waals surface area contributed by atoms with Crippen molar-refractivity contribution in [3.8, 4) is 0 Å². The monoisotopic (exact) mass is 199 g/mol. The lowest BCUT2D eigenvalue weighted by atomic mass is 9.91. The lowest BCUT2D eigenvalue weighted by Crippen LogP contribution is -2.56. The van der Waals surface area contributed by atoms with E-state index in [-0.39, 0.29) is 11.6 Å². The number of morpholine rings is 1. The summed E-state index contributed by atoms with van der Waals surface area (Å²) in [6.45, 7) is 7.83. The minimum atomic E-state index is -0.166. The third-order valence-electron chi connectivity index (χ3n) is 3.62. The molecule has 0 bridgehead atoms. The molecule has 3 heteroatoms. The van der Waals surface area contributed by atoms with E-state index in [4.69, 9.17) is 4.74 Å². The Morgan fingerprint density at radius 3 is 2.36 bits per heavy atom. The molecule has 1 atom stereocenters. The van der Waals surface area contributed by atoms with Crippen LogP contribution in [-0.2, 0) is 4.74 Å². The van der Waals surface area contributed by atoms with Crippen molar-refractivity contribution in [3.05, 3.63) is 0 Å². The van der Waals surface area contributed by atoms with Gasteiger partial charge in [0.2, 0.25) is 0 Å². The van der Waals surface area contributed by atoms with Gasteiger partial charge >= 0.3 is 0 Å². The quantitative estimate of drug-likeness (QED) is 0.732. The molecule has 2 fully saturated rings. The molecule has 2 aliphatic rings. The first-order valence-corrected chi connectivity index (χ1v) is 5.63. The van der Waals surface area contributed by atoms with Crippen LogP contribution in [0.3, 0.4) is 0 Å². The van der Waals surface area contributed by atoms with Crippen molar-refractivity contribution in [2.24, 2.45) is 5.92 Å². The molecule has 1 saturated carbocycles. The Labute approximate surface area is 86.0 Å². The fourth-order valence-electron chi connectivity index (χ4n) is 2.32. The first-order chi connectivity index (χ1) is 6.62. The summed E-state index contributed by atoms with van der Waals surface area (Å²) in [7, 11) is 0. The first-order valence-electron chi connectivity index (χ1n) is 5.63. The van der Waals surface area contributed by atoms with Crippen LogP contribution in [0.25, 0.3) is 0 Å². The summed E-state index contributed by atoms with van der Waals surface area (Å²) in [6.07, 6.45) is 2.24. The number of ether oxygens (including phenoxy) is 1. The highest BCUT2D eigenvalue weighted by Gasteiger charge is 2.43. The SMILES string of the molecule is CC(C)(C(O)C1CC1)N1CCOCC1. The number of hydrogen-bond donors (Lipinski definition) is 1. The number of nitrogens with zero attached hydrogens (tertiary/aromatic N) is 1. The molecule has 1 unspecified atom stereocenters. The predicted octanol–water partition coefficient (Wildman–Crippen LogP) is 0.868. The van der Waals surface area contributed by atoms with Crippen molar-refractivity contribution in [3.63, 3.8) is 0 Å². The number of aliphatic hydroxyl groups excluding tert-OH is 1. The van der Waals surface area contributed by atoms with Crippen LogP contribution in [0.4, 0.5) is 0 Å². The average Bonchev–Trinajstić information content (AvgIpc) is 3.01. The van der Waals surface area contributed by atoms with Gasteiger partial charge in [0.25, 0.3) is 0 Å². The van der Waals surface area contributed by atoms with Crippen LogP contribution in [0.2, 0.25) is 0 Å². The van der Waals surface area contributed by atoms with Crippen LogP contribution in [-0.4, -0.2) is 48.0 Å². The molecule has 14 heavy (non-hydrogen) atoms. The molecule has 0 spiro atoms. The van der Waals surface area contributed by atoms with Crippen LogP contribution in [0.15, 0.2) is 0 Å². The van der Waals surface area contributed by atoms with Crippen LogP contribution >= 0.6 is 0 Å². The van der Waals surface area contributed by atoms with Gasteiger partial charge in [-0.05, 0) is 32.6 Å². The van der Waals surface area contributed by atoms with E-state index in [1.807, 2.05) is 0 Å². The van der Waals surface area contributed by atoms with Gasteiger partial charge in [-0.25, -0.2) is 0 Å². The van der Waals surface area contributed by atoms with Gasteiger partial charge in [-0.3, -0.25) is 4.90 Å². The molecular weight excluding hydrogens is 178 g/mol. The minimum absolute atomic E-state index is 0.0784. The third-order valence-corrected chi connectivity index (χ3v) is 3.62. The van der Waals surface area contributed by atoms with E-state index < -0.39 is 0 Å². The molecule has 2 rings (SSSR count). The van der Waals surface area contributed by atoms with Crippen LogP contribution in [0.1, 0.15) is 26.7 Å². The summed E-state index contributed by atoms with van der Waals surface area (Å²) in [4.78, 5) is 2.36. The Morgan fingerprint density at radius 2 is 1.86 bits per heavy atom. The highest BCUT2D eigenvalue weighted by Crippen LogP contribution is 2.39. The Bertz CT molecular complexity index is 195. The highest BCUT2D eigenvalue weighted by molar-refractivity contribution is 4.97. The van der Waals surface area contributed by atoms with Gasteiger partial charge < -0.3 is 9.84 Å². The second kappa shape index (κ2) is 3.80. The maximum Gasteiger partial charge on any atom is 0.0746 e. The fraction of sp³-hybridized carbons (Fsp3) is 1.00. The predicted molar refractivity (Wildman–Crippen MR) is 55.2 cm³/mol. The molecule has 0 aromatic rings. The smallest absolute Gasteiger partial charge is 0.0746 e. The van der Waals surface area contributed by atoms with Crippen molar-refractivity contribution in [2.75, 3.05) is 26.3 Å². The van der Waals surface area contributed by atoms with Crippen molar-refractivity contribution in [2.45, 2.75) is 38.3 Å². The molecule has 1 heterocycles. The fourth-order valence-corrected chi connectivity index (χ4v) is 2.32. The van der Waals surface area contributed by atoms with E-state index in [1.54, 1.807) is 0 Å². The largest absolute Gasteiger partial charge is 0.391 e. The zero-order valence-corrected chi connectivity index (χ0v) is 9.20.